The van der Waals surface area contributed by atoms with E-state index in [0.717, 1.165) is 16.8 Å². The molecule has 2 heterocycles. The molecule has 30 heavy (non-hydrogen) atoms. The van der Waals surface area contributed by atoms with Gasteiger partial charge in [-0.3, -0.25) is 19.1 Å². The first kappa shape index (κ1) is 19.4. The summed E-state index contributed by atoms with van der Waals surface area (Å²) in [5, 5.41) is 0. The fraction of sp³-hybridized carbons (Fsp3) is 0.174. The SMILES string of the molecule is CN1C(=O)[C@H](c2ccc(-n3ccccc3=O)cc2)[C@@](C)(c2cccc(N)c2)N=C1N. The van der Waals surface area contributed by atoms with Gasteiger partial charge in [-0.15, -0.1) is 0 Å². The number of hydrogen-bond donors (Lipinski definition) is 2. The van der Waals surface area contributed by atoms with Crippen LogP contribution in [0.15, 0.2) is 82.7 Å². The molecule has 0 bridgehead atoms. The molecule has 1 aliphatic rings. The highest BCUT2D eigenvalue weighted by atomic mass is 16.2. The Balaban J connectivity index is 1.83. The number of benzene rings is 2. The maximum absolute atomic E-state index is 13.3. The summed E-state index contributed by atoms with van der Waals surface area (Å²) < 4.78 is 1.55. The number of nitrogens with zero attached hydrogens (tertiary/aromatic N) is 3. The van der Waals surface area contributed by atoms with Crippen molar-refractivity contribution in [1.82, 2.24) is 9.47 Å². The highest BCUT2D eigenvalue weighted by molar-refractivity contribution is 6.02. The van der Waals surface area contributed by atoms with E-state index in [0.29, 0.717) is 5.69 Å². The first-order valence-corrected chi connectivity index (χ1v) is 9.58. The third-order valence-electron chi connectivity index (χ3n) is 5.63. The molecule has 0 spiro atoms. The number of pyridine rings is 1. The molecule has 3 aromatic rings. The summed E-state index contributed by atoms with van der Waals surface area (Å²) >= 11 is 0. The van der Waals surface area contributed by atoms with Crippen molar-refractivity contribution >= 4 is 17.6 Å². The van der Waals surface area contributed by atoms with Crippen LogP contribution in [-0.4, -0.2) is 28.4 Å². The van der Waals surface area contributed by atoms with Crippen LogP contribution in [0.25, 0.3) is 5.69 Å². The van der Waals surface area contributed by atoms with E-state index in [1.807, 2.05) is 49.4 Å². The number of likely N-dealkylation sites (N-methyl/N-ethyl adjacent to an activating group) is 1. The van der Waals surface area contributed by atoms with Gasteiger partial charge in [-0.25, -0.2) is 4.99 Å². The van der Waals surface area contributed by atoms with Gasteiger partial charge in [-0.2, -0.15) is 0 Å². The molecule has 0 saturated carbocycles. The average Bonchev–Trinajstić information content (AvgIpc) is 2.73. The molecule has 1 aromatic heterocycles. The van der Waals surface area contributed by atoms with Crippen molar-refractivity contribution in [3.63, 3.8) is 0 Å². The molecule has 7 heteroatoms. The molecule has 4 N–H and O–H groups in total. The normalized spacial score (nSPS) is 21.4. The topological polar surface area (TPSA) is 107 Å². The minimum atomic E-state index is -0.922. The van der Waals surface area contributed by atoms with Gasteiger partial charge in [0.05, 0.1) is 5.92 Å². The number of rotatable bonds is 3. The zero-order chi connectivity index (χ0) is 21.5. The Morgan fingerprint density at radius 3 is 2.37 bits per heavy atom. The number of nitrogens with two attached hydrogens (primary N) is 2. The summed E-state index contributed by atoms with van der Waals surface area (Å²) in [5.41, 5.74) is 13.9. The summed E-state index contributed by atoms with van der Waals surface area (Å²) in [6.07, 6.45) is 1.71. The first-order valence-electron chi connectivity index (χ1n) is 9.58. The second kappa shape index (κ2) is 7.18. The minimum Gasteiger partial charge on any atom is -0.399 e. The lowest BCUT2D eigenvalue weighted by Crippen LogP contribution is -2.52. The number of amides is 1. The Morgan fingerprint density at radius 1 is 0.967 bits per heavy atom. The van der Waals surface area contributed by atoms with Crippen molar-refractivity contribution in [3.8, 4) is 5.69 Å². The number of carbonyl (C=O) groups is 1. The van der Waals surface area contributed by atoms with Gasteiger partial charge >= 0.3 is 0 Å². The van der Waals surface area contributed by atoms with Crippen molar-refractivity contribution in [2.75, 3.05) is 12.8 Å². The van der Waals surface area contributed by atoms with E-state index >= 15 is 0 Å². The first-order chi connectivity index (χ1) is 14.3. The number of hydrogen-bond acceptors (Lipinski definition) is 5. The molecular formula is C23H23N5O2. The molecule has 2 aromatic carbocycles. The smallest absolute Gasteiger partial charge is 0.255 e. The predicted octanol–water partition coefficient (Wildman–Crippen LogP) is 2.21. The third-order valence-corrected chi connectivity index (χ3v) is 5.63. The van der Waals surface area contributed by atoms with E-state index in [4.69, 9.17) is 16.5 Å². The maximum atomic E-state index is 13.3. The van der Waals surface area contributed by atoms with Crippen LogP contribution in [0.4, 0.5) is 5.69 Å². The van der Waals surface area contributed by atoms with Crippen molar-refractivity contribution in [1.29, 1.82) is 0 Å². The van der Waals surface area contributed by atoms with Crippen LogP contribution in [0.3, 0.4) is 0 Å². The Labute approximate surface area is 174 Å². The lowest BCUT2D eigenvalue weighted by Gasteiger charge is -2.41. The van der Waals surface area contributed by atoms with Crippen LogP contribution in [0.5, 0.6) is 0 Å². The Hall–Kier alpha value is -3.87. The summed E-state index contributed by atoms with van der Waals surface area (Å²) in [7, 11) is 1.62. The van der Waals surface area contributed by atoms with E-state index in [1.54, 1.807) is 36.0 Å². The summed E-state index contributed by atoms with van der Waals surface area (Å²) in [5.74, 6) is -0.594. The Morgan fingerprint density at radius 2 is 1.70 bits per heavy atom. The molecule has 0 unspecified atom stereocenters. The molecule has 0 fully saturated rings. The molecule has 0 aliphatic carbocycles. The third kappa shape index (κ3) is 3.14. The summed E-state index contributed by atoms with van der Waals surface area (Å²) in [6, 6.07) is 19.7. The van der Waals surface area contributed by atoms with Crippen LogP contribution >= 0.6 is 0 Å². The molecule has 0 saturated heterocycles. The average molecular weight is 401 g/mol. The highest BCUT2D eigenvalue weighted by Gasteiger charge is 2.47. The fourth-order valence-electron chi connectivity index (χ4n) is 3.94. The molecule has 4 rings (SSSR count). The molecule has 0 radical (unpaired) electrons. The van der Waals surface area contributed by atoms with Crippen LogP contribution in [-0.2, 0) is 10.3 Å². The molecule has 7 nitrogen and oxygen atoms in total. The monoisotopic (exact) mass is 401 g/mol. The fourth-order valence-corrected chi connectivity index (χ4v) is 3.94. The number of guanidine groups is 1. The van der Waals surface area contributed by atoms with Crippen molar-refractivity contribution in [2.24, 2.45) is 10.7 Å². The van der Waals surface area contributed by atoms with Crippen molar-refractivity contribution < 1.29 is 4.79 Å². The van der Waals surface area contributed by atoms with E-state index in [1.165, 1.54) is 11.0 Å². The number of aromatic nitrogens is 1. The zero-order valence-corrected chi connectivity index (χ0v) is 16.8. The number of anilines is 1. The van der Waals surface area contributed by atoms with Gasteiger partial charge in [-0.05, 0) is 48.4 Å². The molecule has 2 atom stereocenters. The number of carbonyl (C=O) groups excluding carboxylic acids is 1. The van der Waals surface area contributed by atoms with Gasteiger partial charge in [0.2, 0.25) is 5.91 Å². The standard InChI is InChI=1S/C23H23N5O2/c1-23(16-6-5-7-17(24)14-16)20(21(30)27(2)22(25)26-23)15-9-11-18(12-10-15)28-13-4-3-8-19(28)29/h3-14,20H,24H2,1-2H3,(H2,25,26)/t20-,23+/m0/s1. The lowest BCUT2D eigenvalue weighted by molar-refractivity contribution is -0.130. The molecule has 152 valence electrons. The van der Waals surface area contributed by atoms with Crippen LogP contribution in [0.2, 0.25) is 0 Å². The lowest BCUT2D eigenvalue weighted by atomic mass is 9.74. The molecule has 1 aliphatic heterocycles. The summed E-state index contributed by atoms with van der Waals surface area (Å²) in [4.78, 5) is 31.5. The number of nitrogen functional groups attached to an aromatic ring is 1. The van der Waals surface area contributed by atoms with Gasteiger partial charge in [0.25, 0.3) is 5.56 Å². The largest absolute Gasteiger partial charge is 0.399 e. The van der Waals surface area contributed by atoms with E-state index in [2.05, 4.69) is 0 Å². The highest BCUT2D eigenvalue weighted by Crippen LogP contribution is 2.44. The van der Waals surface area contributed by atoms with Crippen LogP contribution in [0, 0.1) is 0 Å². The van der Waals surface area contributed by atoms with Crippen LogP contribution < -0.4 is 17.0 Å². The number of aliphatic imine (C=N–C) groups is 1. The van der Waals surface area contributed by atoms with Gasteiger partial charge in [0, 0.05) is 30.7 Å². The van der Waals surface area contributed by atoms with Gasteiger partial charge in [0.15, 0.2) is 5.96 Å². The van der Waals surface area contributed by atoms with Crippen molar-refractivity contribution in [3.05, 3.63) is 94.4 Å². The maximum Gasteiger partial charge on any atom is 0.255 e. The predicted molar refractivity (Wildman–Crippen MR) is 117 cm³/mol. The quantitative estimate of drug-likeness (QED) is 0.656. The van der Waals surface area contributed by atoms with Gasteiger partial charge in [0.1, 0.15) is 5.54 Å². The minimum absolute atomic E-state index is 0.124. The van der Waals surface area contributed by atoms with E-state index in [-0.39, 0.29) is 17.4 Å². The van der Waals surface area contributed by atoms with E-state index < -0.39 is 11.5 Å². The molecule has 1 amide bonds. The Kier molecular flexibility index (Phi) is 4.66. The van der Waals surface area contributed by atoms with E-state index in [9.17, 15) is 9.59 Å². The molecular weight excluding hydrogens is 378 g/mol. The summed E-state index contributed by atoms with van der Waals surface area (Å²) in [6.45, 7) is 1.89. The zero-order valence-electron chi connectivity index (χ0n) is 16.8. The second-order valence-electron chi connectivity index (χ2n) is 7.57. The van der Waals surface area contributed by atoms with Gasteiger partial charge < -0.3 is 11.5 Å². The van der Waals surface area contributed by atoms with Crippen molar-refractivity contribution in [2.45, 2.75) is 18.4 Å². The Bertz CT molecular complexity index is 1200. The van der Waals surface area contributed by atoms with Crippen LogP contribution in [0.1, 0.15) is 24.0 Å². The van der Waals surface area contributed by atoms with Gasteiger partial charge in [-0.1, -0.05) is 30.3 Å². The second-order valence-corrected chi connectivity index (χ2v) is 7.57.